The Morgan fingerprint density at radius 2 is 1.94 bits per heavy atom. The van der Waals surface area contributed by atoms with Crippen LogP contribution in [0.2, 0.25) is 5.02 Å². The zero-order chi connectivity index (χ0) is 24.5. The molecule has 2 N–H and O–H groups in total. The summed E-state index contributed by atoms with van der Waals surface area (Å²) in [4.78, 5) is 17.1. The molecule has 0 radical (unpaired) electrons. The van der Waals surface area contributed by atoms with E-state index in [2.05, 4.69) is 22.6 Å². The van der Waals surface area contributed by atoms with Gasteiger partial charge in [0.25, 0.3) is 0 Å². The van der Waals surface area contributed by atoms with Crippen LogP contribution >= 0.6 is 22.9 Å². The molecule has 1 aliphatic heterocycles. The summed E-state index contributed by atoms with van der Waals surface area (Å²) < 4.78 is 25.9. The number of amides is 2. The van der Waals surface area contributed by atoms with Gasteiger partial charge >= 0.3 is 6.03 Å². The lowest BCUT2D eigenvalue weighted by molar-refractivity contribution is 0.249. The summed E-state index contributed by atoms with van der Waals surface area (Å²) in [5.74, 6) is -0.0175. The molecule has 1 unspecified atom stereocenters. The predicted octanol–water partition coefficient (Wildman–Crippen LogP) is 5.55. The van der Waals surface area contributed by atoms with E-state index in [1.165, 1.54) is 22.6 Å². The van der Waals surface area contributed by atoms with Crippen molar-refractivity contribution in [1.29, 1.82) is 0 Å². The normalized spacial score (nSPS) is 14.9. The number of thiophene rings is 1. The van der Waals surface area contributed by atoms with E-state index >= 15 is 0 Å². The Morgan fingerprint density at radius 1 is 1.21 bits per heavy atom. The molecule has 2 heterocycles. The molecular weight excluding hydrogens is 490 g/mol. The van der Waals surface area contributed by atoms with Crippen LogP contribution in [-0.2, 0) is 28.6 Å². The highest BCUT2D eigenvalue weighted by Gasteiger charge is 2.21. The third kappa shape index (κ3) is 5.63. The standard InChI is InChI=1S/C25H28ClN3O3S2/c1-16-5-4-6-22(24(16)26)17(2)27-25(30)28-19-7-9-21(10-8-19)34(31,32)15-20-13-18-11-12-29(3)14-23(18)33-20/h4-10,13,17H,11-12,14-15H2,1-3H3,(H2,27,28,30). The van der Waals surface area contributed by atoms with Gasteiger partial charge in [-0.2, -0.15) is 0 Å². The number of nitrogens with zero attached hydrogens (tertiary/aromatic N) is 1. The first-order chi connectivity index (χ1) is 16.1. The van der Waals surface area contributed by atoms with Gasteiger partial charge < -0.3 is 15.5 Å². The van der Waals surface area contributed by atoms with Crippen LogP contribution in [0.4, 0.5) is 10.5 Å². The van der Waals surface area contributed by atoms with Crippen LogP contribution in [0.15, 0.2) is 53.4 Å². The maximum atomic E-state index is 13.0. The van der Waals surface area contributed by atoms with Crippen molar-refractivity contribution in [1.82, 2.24) is 10.2 Å². The quantitative estimate of drug-likeness (QED) is 0.449. The maximum Gasteiger partial charge on any atom is 0.319 e. The molecule has 0 bridgehead atoms. The molecule has 0 saturated carbocycles. The number of halogens is 1. The number of fused-ring (bicyclic) bond motifs is 1. The van der Waals surface area contributed by atoms with Crippen LogP contribution < -0.4 is 10.6 Å². The fourth-order valence-electron chi connectivity index (χ4n) is 4.04. The third-order valence-electron chi connectivity index (χ3n) is 5.96. The van der Waals surface area contributed by atoms with Crippen LogP contribution in [0.3, 0.4) is 0 Å². The average Bonchev–Trinajstić information content (AvgIpc) is 3.16. The van der Waals surface area contributed by atoms with Crippen molar-refractivity contribution in [2.45, 2.75) is 43.5 Å². The zero-order valence-electron chi connectivity index (χ0n) is 19.4. The van der Waals surface area contributed by atoms with Gasteiger partial charge in [-0.25, -0.2) is 13.2 Å². The molecule has 1 aromatic heterocycles. The number of hydrogen-bond acceptors (Lipinski definition) is 5. The molecule has 4 rings (SSSR count). The van der Waals surface area contributed by atoms with Crippen molar-refractivity contribution >= 4 is 44.5 Å². The number of carbonyl (C=O) groups excluding carboxylic acids is 1. The Hall–Kier alpha value is -2.39. The first kappa shape index (κ1) is 24.7. The van der Waals surface area contributed by atoms with E-state index in [0.29, 0.717) is 10.7 Å². The van der Waals surface area contributed by atoms with Gasteiger partial charge in [-0.05, 0) is 74.3 Å². The summed E-state index contributed by atoms with van der Waals surface area (Å²) >= 11 is 7.94. The molecule has 1 aliphatic rings. The highest BCUT2D eigenvalue weighted by molar-refractivity contribution is 7.90. The third-order valence-corrected chi connectivity index (χ3v) is 9.51. The summed E-state index contributed by atoms with van der Waals surface area (Å²) in [6, 6.07) is 13.3. The highest BCUT2D eigenvalue weighted by Crippen LogP contribution is 2.30. The lowest BCUT2D eigenvalue weighted by Gasteiger charge is -2.21. The number of sulfone groups is 1. The molecule has 0 spiro atoms. The predicted molar refractivity (Wildman–Crippen MR) is 138 cm³/mol. The topological polar surface area (TPSA) is 78.5 Å². The first-order valence-electron chi connectivity index (χ1n) is 11.1. The molecular formula is C25H28ClN3O3S2. The second kappa shape index (κ2) is 10.1. The summed E-state index contributed by atoms with van der Waals surface area (Å²) in [7, 11) is -1.40. The number of benzene rings is 2. The lowest BCUT2D eigenvalue weighted by Crippen LogP contribution is -2.31. The first-order valence-corrected chi connectivity index (χ1v) is 13.9. The minimum atomic E-state index is -3.48. The summed E-state index contributed by atoms with van der Waals surface area (Å²) in [6.07, 6.45) is 0.958. The second-order valence-electron chi connectivity index (χ2n) is 8.73. The molecule has 9 heteroatoms. The number of aryl methyl sites for hydroxylation is 1. The van der Waals surface area contributed by atoms with Crippen molar-refractivity contribution < 1.29 is 13.2 Å². The zero-order valence-corrected chi connectivity index (χ0v) is 21.8. The number of urea groups is 1. The van der Waals surface area contributed by atoms with E-state index in [1.807, 2.05) is 38.1 Å². The smallest absolute Gasteiger partial charge is 0.319 e. The molecule has 34 heavy (non-hydrogen) atoms. The Kier molecular flexibility index (Phi) is 7.33. The molecule has 1 atom stereocenters. The maximum absolute atomic E-state index is 13.0. The Bertz CT molecular complexity index is 1300. The Labute approximate surface area is 209 Å². The van der Waals surface area contributed by atoms with E-state index in [1.54, 1.807) is 23.5 Å². The van der Waals surface area contributed by atoms with E-state index in [4.69, 9.17) is 11.6 Å². The largest absolute Gasteiger partial charge is 0.331 e. The molecule has 0 fully saturated rings. The molecule has 3 aromatic rings. The van der Waals surface area contributed by atoms with Crippen LogP contribution in [0.1, 0.15) is 39.4 Å². The number of hydrogen-bond donors (Lipinski definition) is 2. The lowest BCUT2D eigenvalue weighted by atomic mass is 10.1. The number of nitrogens with one attached hydrogen (secondary N) is 2. The Morgan fingerprint density at radius 3 is 2.68 bits per heavy atom. The van der Waals surface area contributed by atoms with E-state index < -0.39 is 15.9 Å². The number of likely N-dealkylation sites (N-methyl/N-ethyl adjacent to an activating group) is 1. The molecule has 0 saturated heterocycles. The molecule has 2 aromatic carbocycles. The summed E-state index contributed by atoms with van der Waals surface area (Å²) in [6.45, 7) is 5.64. The molecule has 180 valence electrons. The minimum absolute atomic E-state index is 0.0175. The van der Waals surface area contributed by atoms with Gasteiger partial charge in [-0.1, -0.05) is 29.8 Å². The van der Waals surface area contributed by atoms with E-state index in [9.17, 15) is 13.2 Å². The summed E-state index contributed by atoms with van der Waals surface area (Å²) in [5, 5.41) is 6.24. The van der Waals surface area contributed by atoms with Gasteiger partial charge in [0.15, 0.2) is 9.84 Å². The van der Waals surface area contributed by atoms with Gasteiger partial charge in [-0.3, -0.25) is 0 Å². The van der Waals surface area contributed by atoms with Gasteiger partial charge in [0, 0.05) is 33.6 Å². The number of anilines is 1. The summed E-state index contributed by atoms with van der Waals surface area (Å²) in [5.41, 5.74) is 3.55. The second-order valence-corrected chi connectivity index (χ2v) is 12.3. The van der Waals surface area contributed by atoms with Crippen LogP contribution in [-0.4, -0.2) is 32.9 Å². The van der Waals surface area contributed by atoms with Crippen LogP contribution in [0.5, 0.6) is 0 Å². The van der Waals surface area contributed by atoms with Gasteiger partial charge in [0.05, 0.1) is 16.7 Å². The van der Waals surface area contributed by atoms with Crippen molar-refractivity contribution in [3.8, 4) is 0 Å². The highest BCUT2D eigenvalue weighted by atomic mass is 35.5. The van der Waals surface area contributed by atoms with Crippen LogP contribution in [0, 0.1) is 6.92 Å². The SMILES string of the molecule is Cc1cccc(C(C)NC(=O)Nc2ccc(S(=O)(=O)Cc3cc4c(s3)CN(C)CC4)cc2)c1Cl. The molecule has 2 amide bonds. The molecule has 6 nitrogen and oxygen atoms in total. The van der Waals surface area contributed by atoms with Gasteiger partial charge in [0.1, 0.15) is 0 Å². The van der Waals surface area contributed by atoms with E-state index in [-0.39, 0.29) is 16.7 Å². The number of rotatable bonds is 6. The fourth-order valence-corrected chi connectivity index (χ4v) is 7.30. The van der Waals surface area contributed by atoms with Crippen molar-refractivity contribution in [3.05, 3.63) is 80.0 Å². The van der Waals surface area contributed by atoms with Gasteiger partial charge in [-0.15, -0.1) is 11.3 Å². The average molecular weight is 518 g/mol. The van der Waals surface area contributed by atoms with Crippen molar-refractivity contribution in [2.75, 3.05) is 18.9 Å². The van der Waals surface area contributed by atoms with Crippen LogP contribution in [0.25, 0.3) is 0 Å². The fraction of sp³-hybridized carbons (Fsp3) is 0.320. The van der Waals surface area contributed by atoms with Crippen molar-refractivity contribution in [2.24, 2.45) is 0 Å². The minimum Gasteiger partial charge on any atom is -0.331 e. The number of carbonyl (C=O) groups is 1. The Balaban J connectivity index is 1.38. The van der Waals surface area contributed by atoms with Crippen molar-refractivity contribution in [3.63, 3.8) is 0 Å². The van der Waals surface area contributed by atoms with E-state index in [0.717, 1.165) is 35.5 Å². The van der Waals surface area contributed by atoms with Gasteiger partial charge in [0.2, 0.25) is 0 Å². The molecule has 0 aliphatic carbocycles. The monoisotopic (exact) mass is 517 g/mol.